The number of furan rings is 1. The fourth-order valence-corrected chi connectivity index (χ4v) is 1.54. The van der Waals surface area contributed by atoms with Crippen LogP contribution in [0, 0.1) is 13.8 Å². The number of rotatable bonds is 3. The topological polar surface area (TPSA) is 51.2 Å². The molecule has 0 atom stereocenters. The molecule has 2 rings (SSSR count). The molecule has 0 aromatic carbocycles. The minimum Gasteiger partial charge on any atom is -0.466 e. The summed E-state index contributed by atoms with van der Waals surface area (Å²) in [4.78, 5) is 4.16. The SMILES string of the molecule is CNCc1ncc(-c2cc(C)oc2C)o1. The van der Waals surface area contributed by atoms with Gasteiger partial charge in [0.25, 0.3) is 0 Å². The van der Waals surface area contributed by atoms with E-state index >= 15 is 0 Å². The Balaban J connectivity index is 2.32. The summed E-state index contributed by atoms with van der Waals surface area (Å²) in [5, 5.41) is 2.99. The number of oxazole rings is 1. The van der Waals surface area contributed by atoms with Crippen molar-refractivity contribution in [3.63, 3.8) is 0 Å². The summed E-state index contributed by atoms with van der Waals surface area (Å²) in [6, 6.07) is 1.96. The zero-order valence-electron chi connectivity index (χ0n) is 9.13. The van der Waals surface area contributed by atoms with Crippen molar-refractivity contribution in [2.24, 2.45) is 0 Å². The monoisotopic (exact) mass is 206 g/mol. The van der Waals surface area contributed by atoms with Crippen molar-refractivity contribution in [2.75, 3.05) is 7.05 Å². The summed E-state index contributed by atoms with van der Waals surface area (Å²) < 4.78 is 11.0. The van der Waals surface area contributed by atoms with Gasteiger partial charge in [-0.15, -0.1) is 0 Å². The first-order valence-electron chi connectivity index (χ1n) is 4.87. The molecule has 0 unspecified atom stereocenters. The Kier molecular flexibility index (Phi) is 2.60. The maximum atomic E-state index is 5.57. The number of hydrogen-bond acceptors (Lipinski definition) is 4. The molecule has 2 heterocycles. The molecule has 0 amide bonds. The highest BCUT2D eigenvalue weighted by atomic mass is 16.4. The average molecular weight is 206 g/mol. The Morgan fingerprint density at radius 2 is 2.13 bits per heavy atom. The molecule has 0 aliphatic rings. The lowest BCUT2D eigenvalue weighted by atomic mass is 10.2. The summed E-state index contributed by atoms with van der Waals surface area (Å²) in [6.45, 7) is 4.47. The van der Waals surface area contributed by atoms with E-state index in [0.717, 1.165) is 22.8 Å². The normalized spacial score (nSPS) is 10.9. The van der Waals surface area contributed by atoms with Gasteiger partial charge in [-0.05, 0) is 27.0 Å². The van der Waals surface area contributed by atoms with Crippen LogP contribution in [-0.2, 0) is 6.54 Å². The van der Waals surface area contributed by atoms with E-state index in [0.29, 0.717) is 12.4 Å². The van der Waals surface area contributed by atoms with Gasteiger partial charge in [-0.25, -0.2) is 4.98 Å². The average Bonchev–Trinajstić information content (AvgIpc) is 2.73. The van der Waals surface area contributed by atoms with Crippen molar-refractivity contribution in [1.29, 1.82) is 0 Å². The van der Waals surface area contributed by atoms with E-state index < -0.39 is 0 Å². The van der Waals surface area contributed by atoms with Crippen molar-refractivity contribution in [2.45, 2.75) is 20.4 Å². The van der Waals surface area contributed by atoms with E-state index in [1.54, 1.807) is 6.20 Å². The van der Waals surface area contributed by atoms with Gasteiger partial charge in [0.1, 0.15) is 11.5 Å². The molecule has 0 saturated heterocycles. The summed E-state index contributed by atoms with van der Waals surface area (Å²) in [5.74, 6) is 3.19. The van der Waals surface area contributed by atoms with Gasteiger partial charge >= 0.3 is 0 Å². The predicted molar refractivity (Wildman–Crippen MR) is 56.4 cm³/mol. The molecule has 0 aliphatic heterocycles. The Morgan fingerprint density at radius 3 is 2.73 bits per heavy atom. The molecule has 4 heteroatoms. The van der Waals surface area contributed by atoms with Crippen LogP contribution in [0.5, 0.6) is 0 Å². The zero-order chi connectivity index (χ0) is 10.8. The number of nitrogens with zero attached hydrogens (tertiary/aromatic N) is 1. The van der Waals surface area contributed by atoms with Crippen LogP contribution in [0.15, 0.2) is 21.1 Å². The number of aryl methyl sites for hydroxylation is 2. The second kappa shape index (κ2) is 3.90. The molecule has 15 heavy (non-hydrogen) atoms. The maximum Gasteiger partial charge on any atom is 0.208 e. The van der Waals surface area contributed by atoms with Crippen LogP contribution in [0.1, 0.15) is 17.4 Å². The Morgan fingerprint density at radius 1 is 1.33 bits per heavy atom. The van der Waals surface area contributed by atoms with E-state index in [9.17, 15) is 0 Å². The second-order valence-corrected chi connectivity index (χ2v) is 3.48. The largest absolute Gasteiger partial charge is 0.466 e. The van der Waals surface area contributed by atoms with E-state index in [4.69, 9.17) is 8.83 Å². The van der Waals surface area contributed by atoms with Gasteiger partial charge in [-0.3, -0.25) is 0 Å². The van der Waals surface area contributed by atoms with E-state index in [1.807, 2.05) is 27.0 Å². The molecule has 0 spiro atoms. The Bertz CT molecular complexity index is 457. The summed E-state index contributed by atoms with van der Waals surface area (Å²) in [5.41, 5.74) is 0.974. The molecule has 2 aromatic rings. The lowest BCUT2D eigenvalue weighted by Gasteiger charge is -1.92. The third-order valence-corrected chi connectivity index (χ3v) is 2.19. The van der Waals surface area contributed by atoms with E-state index in [1.165, 1.54) is 0 Å². The summed E-state index contributed by atoms with van der Waals surface area (Å²) in [6.07, 6.45) is 1.73. The van der Waals surface area contributed by atoms with Crippen molar-refractivity contribution < 1.29 is 8.83 Å². The molecule has 0 aliphatic carbocycles. The van der Waals surface area contributed by atoms with Crippen molar-refractivity contribution in [3.8, 4) is 11.3 Å². The lowest BCUT2D eigenvalue weighted by molar-refractivity contribution is 0.485. The number of aromatic nitrogens is 1. The summed E-state index contributed by atoms with van der Waals surface area (Å²) >= 11 is 0. The van der Waals surface area contributed by atoms with Gasteiger partial charge in [-0.1, -0.05) is 0 Å². The van der Waals surface area contributed by atoms with Crippen LogP contribution >= 0.6 is 0 Å². The van der Waals surface area contributed by atoms with Crippen molar-refractivity contribution >= 4 is 0 Å². The molecule has 0 radical (unpaired) electrons. The molecule has 2 aromatic heterocycles. The van der Waals surface area contributed by atoms with Gasteiger partial charge in [-0.2, -0.15) is 0 Å². The maximum absolute atomic E-state index is 5.57. The minimum absolute atomic E-state index is 0.635. The Labute approximate surface area is 88.3 Å². The molecule has 1 N–H and O–H groups in total. The lowest BCUT2D eigenvalue weighted by Crippen LogP contribution is -2.04. The molecule has 0 saturated carbocycles. The standard InChI is InChI=1S/C11H14N2O2/c1-7-4-9(8(2)14-7)10-5-13-11(15-10)6-12-3/h4-5,12H,6H2,1-3H3. The second-order valence-electron chi connectivity index (χ2n) is 3.48. The first kappa shape index (κ1) is 9.98. The van der Waals surface area contributed by atoms with Crippen molar-refractivity contribution in [3.05, 3.63) is 29.7 Å². The van der Waals surface area contributed by atoms with Crippen LogP contribution in [0.25, 0.3) is 11.3 Å². The van der Waals surface area contributed by atoms with Gasteiger partial charge in [0.05, 0.1) is 18.3 Å². The smallest absolute Gasteiger partial charge is 0.208 e. The van der Waals surface area contributed by atoms with E-state index in [2.05, 4.69) is 10.3 Å². The fourth-order valence-electron chi connectivity index (χ4n) is 1.54. The molecular formula is C11H14N2O2. The van der Waals surface area contributed by atoms with Gasteiger partial charge in [0, 0.05) is 0 Å². The number of hydrogen-bond donors (Lipinski definition) is 1. The third-order valence-electron chi connectivity index (χ3n) is 2.19. The number of nitrogens with one attached hydrogen (secondary N) is 1. The highest BCUT2D eigenvalue weighted by Gasteiger charge is 2.11. The van der Waals surface area contributed by atoms with E-state index in [-0.39, 0.29) is 0 Å². The minimum atomic E-state index is 0.635. The van der Waals surface area contributed by atoms with Gasteiger partial charge < -0.3 is 14.2 Å². The quantitative estimate of drug-likeness (QED) is 0.837. The fraction of sp³-hybridized carbons (Fsp3) is 0.364. The first-order chi connectivity index (χ1) is 7.20. The Hall–Kier alpha value is -1.55. The molecule has 80 valence electrons. The summed E-state index contributed by atoms with van der Waals surface area (Å²) in [7, 11) is 1.86. The molecule has 0 bridgehead atoms. The first-order valence-corrected chi connectivity index (χ1v) is 4.87. The molecule has 4 nitrogen and oxygen atoms in total. The van der Waals surface area contributed by atoms with Crippen LogP contribution in [0.4, 0.5) is 0 Å². The zero-order valence-corrected chi connectivity index (χ0v) is 9.13. The van der Waals surface area contributed by atoms with Crippen LogP contribution in [0.2, 0.25) is 0 Å². The van der Waals surface area contributed by atoms with Crippen LogP contribution < -0.4 is 5.32 Å². The molecular weight excluding hydrogens is 192 g/mol. The van der Waals surface area contributed by atoms with Crippen LogP contribution in [0.3, 0.4) is 0 Å². The third kappa shape index (κ3) is 1.94. The molecule has 0 fully saturated rings. The van der Waals surface area contributed by atoms with Crippen LogP contribution in [-0.4, -0.2) is 12.0 Å². The van der Waals surface area contributed by atoms with Gasteiger partial charge in [0.15, 0.2) is 5.76 Å². The highest BCUT2D eigenvalue weighted by Crippen LogP contribution is 2.26. The van der Waals surface area contributed by atoms with Gasteiger partial charge in [0.2, 0.25) is 5.89 Å². The van der Waals surface area contributed by atoms with Crippen molar-refractivity contribution in [1.82, 2.24) is 10.3 Å². The predicted octanol–water partition coefficient (Wildman–Crippen LogP) is 2.27. The highest BCUT2D eigenvalue weighted by molar-refractivity contribution is 5.59.